The Kier molecular flexibility index (Phi) is 3.25. The molecule has 2 unspecified atom stereocenters. The zero-order chi connectivity index (χ0) is 11.5. The summed E-state index contributed by atoms with van der Waals surface area (Å²) < 4.78 is 0. The lowest BCUT2D eigenvalue weighted by molar-refractivity contribution is 0.0697. The van der Waals surface area contributed by atoms with Gasteiger partial charge in [0.25, 0.3) is 0 Å². The Labute approximate surface area is 95.5 Å². The second-order valence-corrected chi connectivity index (χ2v) is 4.57. The smallest absolute Gasteiger partial charge is 0.335 e. The number of carboxylic acids is 1. The van der Waals surface area contributed by atoms with Crippen LogP contribution in [0.1, 0.15) is 41.7 Å². The summed E-state index contributed by atoms with van der Waals surface area (Å²) >= 11 is 0. The summed E-state index contributed by atoms with van der Waals surface area (Å²) in [6.45, 7) is 3.29. The fourth-order valence-corrected chi connectivity index (χ4v) is 2.14. The van der Waals surface area contributed by atoms with Crippen LogP contribution in [-0.2, 0) is 0 Å². The van der Waals surface area contributed by atoms with Crippen molar-refractivity contribution in [1.82, 2.24) is 5.32 Å². The molecule has 1 aromatic carbocycles. The molecule has 0 radical (unpaired) electrons. The summed E-state index contributed by atoms with van der Waals surface area (Å²) in [4.78, 5) is 10.7. The van der Waals surface area contributed by atoms with Crippen LogP contribution in [0, 0.1) is 5.92 Å². The highest BCUT2D eigenvalue weighted by Gasteiger charge is 2.18. The van der Waals surface area contributed by atoms with Gasteiger partial charge in [-0.3, -0.25) is 0 Å². The first-order valence-electron chi connectivity index (χ1n) is 5.73. The predicted octanol–water partition coefficient (Wildman–Crippen LogP) is 2.45. The Hall–Kier alpha value is -1.35. The summed E-state index contributed by atoms with van der Waals surface area (Å²) in [5.41, 5.74) is 1.55. The lowest BCUT2D eigenvalue weighted by atomic mass is 9.92. The number of rotatable bonds is 2. The molecule has 1 fully saturated rings. The Morgan fingerprint density at radius 3 is 2.50 bits per heavy atom. The van der Waals surface area contributed by atoms with E-state index < -0.39 is 5.97 Å². The summed E-state index contributed by atoms with van der Waals surface area (Å²) in [7, 11) is 0. The third kappa shape index (κ3) is 2.42. The summed E-state index contributed by atoms with van der Waals surface area (Å²) in [5, 5.41) is 12.3. The van der Waals surface area contributed by atoms with Crippen LogP contribution >= 0.6 is 0 Å². The van der Waals surface area contributed by atoms with E-state index in [0.29, 0.717) is 11.6 Å². The highest BCUT2D eigenvalue weighted by Crippen LogP contribution is 2.25. The van der Waals surface area contributed by atoms with Crippen LogP contribution in [-0.4, -0.2) is 17.6 Å². The molecule has 0 bridgehead atoms. The van der Waals surface area contributed by atoms with Crippen molar-refractivity contribution in [3.63, 3.8) is 0 Å². The van der Waals surface area contributed by atoms with Crippen molar-refractivity contribution in [3.05, 3.63) is 35.4 Å². The molecule has 0 amide bonds. The highest BCUT2D eigenvalue weighted by atomic mass is 16.4. The summed E-state index contributed by atoms with van der Waals surface area (Å²) in [5.74, 6) is -0.119. The first-order valence-corrected chi connectivity index (χ1v) is 5.73. The molecule has 16 heavy (non-hydrogen) atoms. The summed E-state index contributed by atoms with van der Waals surface area (Å²) in [6, 6.07) is 7.57. The van der Waals surface area contributed by atoms with Crippen molar-refractivity contribution in [2.24, 2.45) is 5.92 Å². The quantitative estimate of drug-likeness (QED) is 0.803. The van der Waals surface area contributed by atoms with E-state index in [-0.39, 0.29) is 0 Å². The molecule has 0 aliphatic carbocycles. The van der Waals surface area contributed by atoms with Crippen molar-refractivity contribution in [1.29, 1.82) is 0 Å². The fraction of sp³-hybridized carbons (Fsp3) is 0.462. The molecule has 0 saturated carbocycles. The molecule has 0 aromatic heterocycles. The molecule has 2 atom stereocenters. The maximum atomic E-state index is 10.7. The molecule has 3 nitrogen and oxygen atoms in total. The van der Waals surface area contributed by atoms with E-state index in [0.717, 1.165) is 18.9 Å². The zero-order valence-electron chi connectivity index (χ0n) is 9.44. The van der Waals surface area contributed by atoms with Gasteiger partial charge in [-0.2, -0.15) is 0 Å². The number of hydrogen-bond acceptors (Lipinski definition) is 2. The normalized spacial score (nSPS) is 25.3. The Bertz CT molecular complexity index is 364. The van der Waals surface area contributed by atoms with E-state index in [2.05, 4.69) is 12.2 Å². The fourth-order valence-electron chi connectivity index (χ4n) is 2.14. The van der Waals surface area contributed by atoms with Crippen LogP contribution in [0.25, 0.3) is 0 Å². The monoisotopic (exact) mass is 219 g/mol. The lowest BCUT2D eigenvalue weighted by Gasteiger charge is -2.28. The second kappa shape index (κ2) is 4.66. The van der Waals surface area contributed by atoms with Gasteiger partial charge in [0.05, 0.1) is 5.56 Å². The molecule has 86 valence electrons. The van der Waals surface area contributed by atoms with Crippen LogP contribution in [0.5, 0.6) is 0 Å². The van der Waals surface area contributed by atoms with Crippen LogP contribution in [0.4, 0.5) is 0 Å². The van der Waals surface area contributed by atoms with Crippen molar-refractivity contribution >= 4 is 5.97 Å². The van der Waals surface area contributed by atoms with Gasteiger partial charge >= 0.3 is 5.97 Å². The minimum absolute atomic E-state index is 0.355. The predicted molar refractivity (Wildman–Crippen MR) is 62.5 cm³/mol. The van der Waals surface area contributed by atoms with Crippen molar-refractivity contribution < 1.29 is 9.90 Å². The molecule has 1 saturated heterocycles. The SMILES string of the molecule is CC1CCC(c2ccc(C(=O)O)cc2)NC1. The van der Waals surface area contributed by atoms with Crippen LogP contribution < -0.4 is 5.32 Å². The van der Waals surface area contributed by atoms with Gasteiger partial charge in [0.2, 0.25) is 0 Å². The highest BCUT2D eigenvalue weighted by molar-refractivity contribution is 5.87. The largest absolute Gasteiger partial charge is 0.478 e. The minimum Gasteiger partial charge on any atom is -0.478 e. The maximum absolute atomic E-state index is 10.7. The molecule has 0 spiro atoms. The molecular weight excluding hydrogens is 202 g/mol. The van der Waals surface area contributed by atoms with Gasteiger partial charge in [-0.05, 0) is 43.0 Å². The molecule has 1 aliphatic heterocycles. The van der Waals surface area contributed by atoms with Crippen molar-refractivity contribution in [3.8, 4) is 0 Å². The van der Waals surface area contributed by atoms with Crippen molar-refractivity contribution in [2.45, 2.75) is 25.8 Å². The van der Waals surface area contributed by atoms with Crippen LogP contribution in [0.2, 0.25) is 0 Å². The summed E-state index contributed by atoms with van der Waals surface area (Å²) in [6.07, 6.45) is 2.37. The molecule has 2 rings (SSSR count). The standard InChI is InChI=1S/C13H17NO2/c1-9-2-7-12(14-8-9)10-3-5-11(6-4-10)13(15)16/h3-6,9,12,14H,2,7-8H2,1H3,(H,15,16). The van der Waals surface area contributed by atoms with Gasteiger partial charge in [0.15, 0.2) is 0 Å². The van der Waals surface area contributed by atoms with Gasteiger partial charge in [-0.15, -0.1) is 0 Å². The minimum atomic E-state index is -0.864. The molecular formula is C13H17NO2. The van der Waals surface area contributed by atoms with E-state index >= 15 is 0 Å². The van der Waals surface area contributed by atoms with E-state index in [4.69, 9.17) is 5.11 Å². The van der Waals surface area contributed by atoms with Gasteiger partial charge in [-0.1, -0.05) is 19.1 Å². The third-order valence-corrected chi connectivity index (χ3v) is 3.22. The Morgan fingerprint density at radius 1 is 1.31 bits per heavy atom. The number of aromatic carboxylic acids is 1. The average Bonchev–Trinajstić information content (AvgIpc) is 2.30. The number of piperidine rings is 1. The van der Waals surface area contributed by atoms with E-state index in [9.17, 15) is 4.79 Å². The average molecular weight is 219 g/mol. The molecule has 2 N–H and O–H groups in total. The van der Waals surface area contributed by atoms with Crippen LogP contribution in [0.3, 0.4) is 0 Å². The number of carbonyl (C=O) groups is 1. The Morgan fingerprint density at radius 2 is 2.00 bits per heavy atom. The van der Waals surface area contributed by atoms with Gasteiger partial charge in [0.1, 0.15) is 0 Å². The molecule has 1 heterocycles. The van der Waals surface area contributed by atoms with Crippen molar-refractivity contribution in [2.75, 3.05) is 6.54 Å². The second-order valence-electron chi connectivity index (χ2n) is 4.57. The lowest BCUT2D eigenvalue weighted by Crippen LogP contribution is -2.31. The van der Waals surface area contributed by atoms with E-state index in [1.807, 2.05) is 12.1 Å². The Balaban J connectivity index is 2.07. The third-order valence-electron chi connectivity index (χ3n) is 3.22. The topological polar surface area (TPSA) is 49.3 Å². The van der Waals surface area contributed by atoms with Gasteiger partial charge in [0, 0.05) is 6.04 Å². The molecule has 1 aliphatic rings. The van der Waals surface area contributed by atoms with Gasteiger partial charge < -0.3 is 10.4 Å². The number of nitrogens with one attached hydrogen (secondary N) is 1. The first kappa shape index (κ1) is 11.1. The number of carboxylic acid groups (broad SMARTS) is 1. The van der Waals surface area contributed by atoms with E-state index in [1.165, 1.54) is 12.0 Å². The first-order chi connectivity index (χ1) is 7.66. The van der Waals surface area contributed by atoms with Crippen LogP contribution in [0.15, 0.2) is 24.3 Å². The number of hydrogen-bond donors (Lipinski definition) is 2. The van der Waals surface area contributed by atoms with Gasteiger partial charge in [-0.25, -0.2) is 4.79 Å². The molecule has 3 heteroatoms. The number of benzene rings is 1. The molecule has 1 aromatic rings. The van der Waals surface area contributed by atoms with E-state index in [1.54, 1.807) is 12.1 Å². The zero-order valence-corrected chi connectivity index (χ0v) is 9.44. The maximum Gasteiger partial charge on any atom is 0.335 e.